The number of anilines is 2. The van der Waals surface area contributed by atoms with Crippen molar-refractivity contribution >= 4 is 50.9 Å². The number of phenolic OH excluding ortho intramolecular Hbond substituents is 1. The van der Waals surface area contributed by atoms with E-state index in [2.05, 4.69) is 36.3 Å². The summed E-state index contributed by atoms with van der Waals surface area (Å²) in [4.78, 5) is 59.1. The van der Waals surface area contributed by atoms with Crippen LogP contribution in [-0.2, 0) is 20.9 Å². The number of halogens is 3. The number of hydrogen-bond acceptors (Lipinski definition) is 13. The van der Waals surface area contributed by atoms with Crippen LogP contribution in [0.25, 0.3) is 32.9 Å². The van der Waals surface area contributed by atoms with Crippen LogP contribution in [0.2, 0.25) is 0 Å². The lowest BCUT2D eigenvalue weighted by molar-refractivity contribution is -0.136. The Labute approximate surface area is 383 Å². The number of imide groups is 1. The highest BCUT2D eigenvalue weighted by Gasteiger charge is 2.42. The fraction of sp³-hybridized carbons (Fsp3) is 0.429. The van der Waals surface area contributed by atoms with Crippen molar-refractivity contribution in [3.63, 3.8) is 0 Å². The number of nitrogens with one attached hydrogen (secondary N) is 2. The van der Waals surface area contributed by atoms with Crippen molar-refractivity contribution < 1.29 is 42.1 Å². The number of fused-ring (bicyclic) bond motifs is 5. The van der Waals surface area contributed by atoms with Crippen LogP contribution in [0.4, 0.5) is 24.7 Å². The Morgan fingerprint density at radius 2 is 1.70 bits per heavy atom. The average molecular weight is 916 g/mol. The van der Waals surface area contributed by atoms with Gasteiger partial charge >= 0.3 is 6.01 Å². The molecule has 6 aliphatic heterocycles. The molecule has 3 amide bonds. The maximum absolute atomic E-state index is 17.1. The lowest BCUT2D eigenvalue weighted by Gasteiger charge is -2.35. The molecular weight excluding hydrogens is 868 g/mol. The monoisotopic (exact) mass is 915 g/mol. The van der Waals surface area contributed by atoms with Crippen LogP contribution < -0.4 is 25.2 Å². The molecular formula is C49H48F3N9O6. The fourth-order valence-electron chi connectivity index (χ4n) is 11.1. The minimum Gasteiger partial charge on any atom is -0.508 e. The number of likely N-dealkylation sites (N-methyl/N-ethyl adjacent to an activating group) is 1. The Morgan fingerprint density at radius 3 is 2.46 bits per heavy atom. The molecule has 0 spiro atoms. The summed E-state index contributed by atoms with van der Waals surface area (Å²) in [6, 6.07) is 8.33. The zero-order valence-electron chi connectivity index (χ0n) is 36.7. The predicted molar refractivity (Wildman–Crippen MR) is 241 cm³/mol. The van der Waals surface area contributed by atoms with Crippen LogP contribution in [0.15, 0.2) is 42.6 Å². The minimum absolute atomic E-state index is 0.00229. The largest absolute Gasteiger partial charge is 0.508 e. The van der Waals surface area contributed by atoms with E-state index in [1.807, 2.05) is 11.9 Å². The summed E-state index contributed by atoms with van der Waals surface area (Å²) in [5.74, 6) is -0.517. The van der Waals surface area contributed by atoms with Gasteiger partial charge in [-0.15, -0.1) is 6.42 Å². The Balaban J connectivity index is 0.779. The van der Waals surface area contributed by atoms with Gasteiger partial charge < -0.3 is 34.6 Å². The number of terminal acetylenes is 1. The summed E-state index contributed by atoms with van der Waals surface area (Å²) in [5, 5.41) is 17.6. The van der Waals surface area contributed by atoms with Gasteiger partial charge in [0.15, 0.2) is 11.6 Å². The molecule has 8 heterocycles. The summed E-state index contributed by atoms with van der Waals surface area (Å²) in [7, 11) is 2.00. The number of hydrogen-bond donors (Lipinski definition) is 3. The van der Waals surface area contributed by atoms with Crippen molar-refractivity contribution in [3.05, 3.63) is 76.7 Å². The van der Waals surface area contributed by atoms with Gasteiger partial charge in [0.25, 0.3) is 5.91 Å². The number of amides is 3. The molecule has 11 rings (SSSR count). The lowest BCUT2D eigenvalue weighted by atomic mass is 9.96. The van der Waals surface area contributed by atoms with Gasteiger partial charge in [-0.25, -0.2) is 13.2 Å². The smallest absolute Gasteiger partial charge is 0.319 e. The third-order valence-electron chi connectivity index (χ3n) is 14.5. The number of likely N-dealkylation sites (tertiary alicyclic amines) is 1. The molecule has 3 N–H and O–H groups in total. The van der Waals surface area contributed by atoms with Gasteiger partial charge in [-0.2, -0.15) is 9.97 Å². The minimum atomic E-state index is -0.818. The van der Waals surface area contributed by atoms with Crippen molar-refractivity contribution in [1.29, 1.82) is 0 Å². The summed E-state index contributed by atoms with van der Waals surface area (Å²) < 4.78 is 61.2. The number of piperidine rings is 2. The molecule has 0 radical (unpaired) electrons. The first kappa shape index (κ1) is 43.0. The first-order valence-corrected chi connectivity index (χ1v) is 22.9. The van der Waals surface area contributed by atoms with Crippen LogP contribution in [-0.4, -0.2) is 130 Å². The second-order valence-electron chi connectivity index (χ2n) is 18.6. The third-order valence-corrected chi connectivity index (χ3v) is 14.5. The quantitative estimate of drug-likeness (QED) is 0.137. The van der Waals surface area contributed by atoms with Gasteiger partial charge in [-0.1, -0.05) is 12.0 Å². The predicted octanol–water partition coefficient (Wildman–Crippen LogP) is 4.79. The summed E-state index contributed by atoms with van der Waals surface area (Å²) >= 11 is 0. The number of nitrogens with zero attached hydrogens (tertiary/aromatic N) is 7. The molecule has 6 aliphatic rings. The molecule has 0 aliphatic carbocycles. The van der Waals surface area contributed by atoms with Crippen molar-refractivity contribution in [2.45, 2.75) is 87.9 Å². The summed E-state index contributed by atoms with van der Waals surface area (Å²) in [5.41, 5.74) is 0.786. The number of carbonyl (C=O) groups excluding carboxylic acids is 3. The number of phenols is 1. The first-order chi connectivity index (χ1) is 32.4. The van der Waals surface area contributed by atoms with Crippen LogP contribution in [0.1, 0.15) is 66.4 Å². The highest BCUT2D eigenvalue weighted by atomic mass is 19.1. The van der Waals surface area contributed by atoms with Crippen LogP contribution in [0, 0.1) is 29.8 Å². The maximum Gasteiger partial charge on any atom is 0.319 e. The summed E-state index contributed by atoms with van der Waals surface area (Å²) in [6.45, 7) is 3.24. The van der Waals surface area contributed by atoms with E-state index in [0.717, 1.165) is 12.8 Å². The number of pyridine rings is 1. The van der Waals surface area contributed by atoms with Crippen LogP contribution in [0.5, 0.6) is 11.8 Å². The van der Waals surface area contributed by atoms with Gasteiger partial charge in [0.1, 0.15) is 41.2 Å². The van der Waals surface area contributed by atoms with E-state index in [1.54, 1.807) is 12.1 Å². The van der Waals surface area contributed by atoms with Gasteiger partial charge in [0.2, 0.25) is 11.8 Å². The zero-order valence-corrected chi connectivity index (χ0v) is 36.7. The van der Waals surface area contributed by atoms with Gasteiger partial charge in [-0.3, -0.25) is 29.6 Å². The maximum atomic E-state index is 17.1. The zero-order chi connectivity index (χ0) is 46.2. The van der Waals surface area contributed by atoms with E-state index in [4.69, 9.17) is 20.9 Å². The molecule has 3 unspecified atom stereocenters. The topological polar surface area (TPSA) is 166 Å². The van der Waals surface area contributed by atoms with E-state index in [0.29, 0.717) is 74.3 Å². The second-order valence-corrected chi connectivity index (χ2v) is 18.6. The van der Waals surface area contributed by atoms with Crippen molar-refractivity contribution in [2.24, 2.45) is 0 Å². The van der Waals surface area contributed by atoms with Gasteiger partial charge in [0.05, 0.1) is 35.4 Å². The number of aromatic nitrogens is 3. The molecule has 2 bridgehead atoms. The molecule has 5 fully saturated rings. The molecule has 5 saturated heterocycles. The molecule has 15 nitrogen and oxygen atoms in total. The van der Waals surface area contributed by atoms with E-state index >= 15 is 13.2 Å². The molecule has 18 heteroatoms. The lowest BCUT2D eigenvalue weighted by Crippen LogP contribution is -2.52. The first-order valence-electron chi connectivity index (χ1n) is 22.9. The third kappa shape index (κ3) is 7.72. The Hall–Kier alpha value is -6.55. The molecule has 0 saturated carbocycles. The van der Waals surface area contributed by atoms with E-state index in [9.17, 15) is 19.5 Å². The van der Waals surface area contributed by atoms with E-state index < -0.39 is 35.3 Å². The molecule has 346 valence electrons. The molecule has 5 aromatic rings. The number of benzene rings is 3. The molecule has 2 aromatic heterocycles. The number of carbonyl (C=O) groups is 3. The molecule has 67 heavy (non-hydrogen) atoms. The number of ether oxygens (including phenoxy) is 2. The number of aromatic hydroxyl groups is 1. The fourth-order valence-corrected chi connectivity index (χ4v) is 11.1. The van der Waals surface area contributed by atoms with Crippen LogP contribution in [0.3, 0.4) is 0 Å². The van der Waals surface area contributed by atoms with Crippen molar-refractivity contribution in [1.82, 2.24) is 35.4 Å². The Bertz CT molecular complexity index is 2910. The van der Waals surface area contributed by atoms with E-state index in [1.165, 1.54) is 35.4 Å². The average Bonchev–Trinajstić information content (AvgIpc) is 3.97. The van der Waals surface area contributed by atoms with E-state index in [-0.39, 0.29) is 113 Å². The standard InChI is InChI=1S/C49H48F3N9O6/c1-3-32-37(50)8-4-25-16-29(62)18-34(41(25)32)44-43(52)45-35(19-53-44)46(60-20-26-5-6-27(21-60)54-26)57-49(56-45)66-24-28-17-31(22-58(28)2)67-30-12-14-59(15-13-30)38-9-7-33-36(42(38)51)23-61(48(33)65)39-10-11-40(63)55-47(39)64/h1,4,7-9,16,18-19,26-28,30-31,39,54,62H,5-6,10-15,17,20-24H2,2H3,(H,55,63,64)/t26?,27?,28-,31+,39?/m0/s1. The Kier molecular flexibility index (Phi) is 10.9. The number of piperazine rings is 1. The van der Waals surface area contributed by atoms with Crippen molar-refractivity contribution in [2.75, 3.05) is 56.2 Å². The normalized spacial score (nSPS) is 24.5. The van der Waals surface area contributed by atoms with Gasteiger partial charge in [-0.05, 0) is 81.3 Å². The highest BCUT2D eigenvalue weighted by molar-refractivity contribution is 6.06. The molecule has 5 atom stereocenters. The Morgan fingerprint density at radius 1 is 0.910 bits per heavy atom. The van der Waals surface area contributed by atoms with Crippen molar-refractivity contribution in [3.8, 4) is 35.4 Å². The summed E-state index contributed by atoms with van der Waals surface area (Å²) in [6.07, 6.45) is 11.5. The highest BCUT2D eigenvalue weighted by Crippen LogP contribution is 2.40. The van der Waals surface area contributed by atoms with Crippen LogP contribution >= 0.6 is 0 Å². The second kappa shape index (κ2) is 17.0. The SMILES string of the molecule is C#Cc1c(F)ccc2cc(O)cc(-c3ncc4c(N5CC6CCC(C5)N6)nc(OC[C@@H]5C[C@@H](OC6CCN(c7ccc8c(c7F)CN(C7CCC(=O)NC7=O)C8=O)CC6)CN5C)nc4c3F)c12. The van der Waals surface area contributed by atoms with Gasteiger partial charge in [0, 0.05) is 85.5 Å². The number of rotatable bonds is 9. The molecule has 3 aromatic carbocycles.